The summed E-state index contributed by atoms with van der Waals surface area (Å²) in [6, 6.07) is 10.7. The van der Waals surface area contributed by atoms with Crippen molar-refractivity contribution in [2.24, 2.45) is 0 Å². The Bertz CT molecular complexity index is 650. The second kappa shape index (κ2) is 5.62. The molecule has 1 N–H and O–H groups in total. The predicted molar refractivity (Wildman–Crippen MR) is 82.0 cm³/mol. The highest BCUT2D eigenvalue weighted by molar-refractivity contribution is 9.10. The molecule has 0 bridgehead atoms. The Hall–Kier alpha value is -1.26. The lowest BCUT2D eigenvalue weighted by molar-refractivity contribution is 0.274. The molecule has 2 aromatic rings. The van der Waals surface area contributed by atoms with Gasteiger partial charge in [0, 0.05) is 22.1 Å². The molecule has 1 aliphatic rings. The number of fused-ring (bicyclic) bond motifs is 1. The predicted octanol–water partition coefficient (Wildman–Crippen LogP) is 5.18. The number of benzene rings is 2. The van der Waals surface area contributed by atoms with Gasteiger partial charge in [-0.2, -0.15) is 0 Å². The van der Waals surface area contributed by atoms with E-state index in [0.717, 1.165) is 27.9 Å². The number of nitrogens with one attached hydrogen (secondary N) is 1. The Morgan fingerprint density at radius 1 is 1.25 bits per heavy atom. The summed E-state index contributed by atoms with van der Waals surface area (Å²) in [5.74, 6) is 0.470. The zero-order valence-corrected chi connectivity index (χ0v) is 12.8. The van der Waals surface area contributed by atoms with Gasteiger partial charge in [-0.3, -0.25) is 0 Å². The van der Waals surface area contributed by atoms with Gasteiger partial charge in [0.05, 0.1) is 17.7 Å². The molecule has 0 saturated carbocycles. The number of rotatable bonds is 2. The lowest BCUT2D eigenvalue weighted by Gasteiger charge is -2.27. The van der Waals surface area contributed by atoms with Crippen LogP contribution < -0.4 is 10.1 Å². The monoisotopic (exact) mass is 355 g/mol. The quantitative estimate of drug-likeness (QED) is 0.801. The maximum Gasteiger partial charge on any atom is 0.141 e. The van der Waals surface area contributed by atoms with Crippen molar-refractivity contribution in [3.05, 3.63) is 57.3 Å². The van der Waals surface area contributed by atoms with Crippen LogP contribution in [0.25, 0.3) is 0 Å². The molecule has 0 amide bonds. The number of halogens is 3. The highest BCUT2D eigenvalue weighted by atomic mass is 79.9. The summed E-state index contributed by atoms with van der Waals surface area (Å²) in [5, 5.41) is 3.50. The minimum atomic E-state index is -0.410. The Morgan fingerprint density at radius 3 is 2.90 bits per heavy atom. The molecule has 5 heteroatoms. The summed E-state index contributed by atoms with van der Waals surface area (Å²) in [4.78, 5) is 0. The van der Waals surface area contributed by atoms with Crippen LogP contribution >= 0.6 is 27.5 Å². The zero-order valence-electron chi connectivity index (χ0n) is 10.5. The fourth-order valence-electron chi connectivity index (χ4n) is 2.30. The second-order valence-corrected chi connectivity index (χ2v) is 5.97. The van der Waals surface area contributed by atoms with E-state index in [2.05, 4.69) is 21.2 Å². The molecule has 0 radical (unpaired) electrons. The minimum Gasteiger partial charge on any atom is -0.493 e. The van der Waals surface area contributed by atoms with E-state index in [0.29, 0.717) is 6.61 Å². The molecule has 0 saturated heterocycles. The first kappa shape index (κ1) is 13.7. The molecule has 104 valence electrons. The highest BCUT2D eigenvalue weighted by Crippen LogP contribution is 2.36. The van der Waals surface area contributed by atoms with Crippen LogP contribution in [0.1, 0.15) is 18.0 Å². The summed E-state index contributed by atoms with van der Waals surface area (Å²) in [6.45, 7) is 0.654. The van der Waals surface area contributed by atoms with Crippen LogP contribution in [0.5, 0.6) is 5.75 Å². The van der Waals surface area contributed by atoms with E-state index in [4.69, 9.17) is 16.3 Å². The average molecular weight is 357 g/mol. The van der Waals surface area contributed by atoms with Crippen molar-refractivity contribution in [1.82, 2.24) is 0 Å². The van der Waals surface area contributed by atoms with Gasteiger partial charge >= 0.3 is 0 Å². The van der Waals surface area contributed by atoms with Crippen molar-refractivity contribution in [3.8, 4) is 5.75 Å². The molecule has 2 nitrogen and oxygen atoms in total. The molecule has 3 rings (SSSR count). The van der Waals surface area contributed by atoms with Crippen molar-refractivity contribution in [2.45, 2.75) is 12.5 Å². The van der Waals surface area contributed by atoms with E-state index in [1.807, 2.05) is 18.2 Å². The van der Waals surface area contributed by atoms with Crippen molar-refractivity contribution in [3.63, 3.8) is 0 Å². The van der Waals surface area contributed by atoms with Gasteiger partial charge in [-0.25, -0.2) is 4.39 Å². The molecule has 1 unspecified atom stereocenters. The smallest absolute Gasteiger partial charge is 0.141 e. The average Bonchev–Trinajstić information content (AvgIpc) is 2.44. The van der Waals surface area contributed by atoms with Crippen LogP contribution in [-0.2, 0) is 0 Å². The van der Waals surface area contributed by atoms with E-state index in [1.54, 1.807) is 12.1 Å². The Labute approximate surface area is 130 Å². The molecule has 1 aliphatic heterocycles. The largest absolute Gasteiger partial charge is 0.493 e. The van der Waals surface area contributed by atoms with Gasteiger partial charge in [-0.05, 0) is 36.4 Å². The fraction of sp³-hybridized carbons (Fsp3) is 0.200. The van der Waals surface area contributed by atoms with E-state index in [9.17, 15) is 4.39 Å². The van der Waals surface area contributed by atoms with E-state index in [1.165, 1.54) is 6.07 Å². The number of anilines is 1. The number of hydrogen-bond acceptors (Lipinski definition) is 2. The molecule has 1 heterocycles. The minimum absolute atomic E-state index is 0.122. The van der Waals surface area contributed by atoms with Gasteiger partial charge in [0.1, 0.15) is 11.6 Å². The standard InChI is InChI=1S/C15H12BrClFNO/c16-9-1-4-15-11(7-9)14(5-6-20-15)19-10-2-3-13(18)12(17)8-10/h1-4,7-8,14,19H,5-6H2. The maximum absolute atomic E-state index is 13.2. The van der Waals surface area contributed by atoms with Gasteiger partial charge in [0.15, 0.2) is 0 Å². The highest BCUT2D eigenvalue weighted by Gasteiger charge is 2.21. The van der Waals surface area contributed by atoms with E-state index >= 15 is 0 Å². The SMILES string of the molecule is Fc1ccc(NC2CCOc3ccc(Br)cc32)cc1Cl. The van der Waals surface area contributed by atoms with Crippen molar-refractivity contribution in [1.29, 1.82) is 0 Å². The van der Waals surface area contributed by atoms with Gasteiger partial charge in [0.2, 0.25) is 0 Å². The first-order valence-corrected chi connectivity index (χ1v) is 7.44. The Balaban J connectivity index is 1.89. The molecule has 0 aromatic heterocycles. The van der Waals surface area contributed by atoms with Crippen LogP contribution in [0, 0.1) is 5.82 Å². The summed E-state index contributed by atoms with van der Waals surface area (Å²) in [7, 11) is 0. The van der Waals surface area contributed by atoms with E-state index < -0.39 is 5.82 Å². The third-order valence-corrected chi connectivity index (χ3v) is 4.05. The fourth-order valence-corrected chi connectivity index (χ4v) is 2.86. The van der Waals surface area contributed by atoms with Crippen molar-refractivity contribution < 1.29 is 9.13 Å². The van der Waals surface area contributed by atoms with Gasteiger partial charge in [0.25, 0.3) is 0 Å². The topological polar surface area (TPSA) is 21.3 Å². The first-order valence-electron chi connectivity index (χ1n) is 6.27. The van der Waals surface area contributed by atoms with E-state index in [-0.39, 0.29) is 11.1 Å². The molecular formula is C15H12BrClFNO. The molecule has 0 fully saturated rings. The van der Waals surface area contributed by atoms with Crippen LogP contribution in [-0.4, -0.2) is 6.61 Å². The van der Waals surface area contributed by atoms with Crippen molar-refractivity contribution in [2.75, 3.05) is 11.9 Å². The van der Waals surface area contributed by atoms with Gasteiger partial charge < -0.3 is 10.1 Å². The third-order valence-electron chi connectivity index (χ3n) is 3.27. The molecule has 2 aromatic carbocycles. The molecule has 20 heavy (non-hydrogen) atoms. The van der Waals surface area contributed by atoms with Crippen LogP contribution in [0.4, 0.5) is 10.1 Å². The summed E-state index contributed by atoms with van der Waals surface area (Å²) in [6.07, 6.45) is 0.846. The molecule has 1 atom stereocenters. The Morgan fingerprint density at radius 2 is 2.10 bits per heavy atom. The number of ether oxygens (including phenoxy) is 1. The van der Waals surface area contributed by atoms with Crippen molar-refractivity contribution >= 4 is 33.2 Å². The summed E-state index contributed by atoms with van der Waals surface area (Å²) >= 11 is 9.28. The van der Waals surface area contributed by atoms with Crippen LogP contribution in [0.2, 0.25) is 5.02 Å². The number of hydrogen-bond donors (Lipinski definition) is 1. The van der Waals surface area contributed by atoms with Gasteiger partial charge in [-0.1, -0.05) is 27.5 Å². The van der Waals surface area contributed by atoms with Gasteiger partial charge in [-0.15, -0.1) is 0 Å². The van der Waals surface area contributed by atoms with Crippen LogP contribution in [0.3, 0.4) is 0 Å². The lowest BCUT2D eigenvalue weighted by atomic mass is 10.0. The maximum atomic E-state index is 13.2. The normalized spacial score (nSPS) is 17.2. The molecule has 0 aliphatic carbocycles. The first-order chi connectivity index (χ1) is 9.63. The molecule has 0 spiro atoms. The lowest BCUT2D eigenvalue weighted by Crippen LogP contribution is -2.20. The summed E-state index contributed by atoms with van der Waals surface area (Å²) in [5.41, 5.74) is 1.89. The Kier molecular flexibility index (Phi) is 3.85. The van der Waals surface area contributed by atoms with Crippen LogP contribution in [0.15, 0.2) is 40.9 Å². The zero-order chi connectivity index (χ0) is 14.1. The third kappa shape index (κ3) is 2.76. The summed E-state index contributed by atoms with van der Waals surface area (Å²) < 4.78 is 19.8. The second-order valence-electron chi connectivity index (χ2n) is 4.65. The molecular weight excluding hydrogens is 345 g/mol.